The average molecular weight is 282 g/mol. The lowest BCUT2D eigenvalue weighted by atomic mass is 10.1. The van der Waals surface area contributed by atoms with Crippen molar-refractivity contribution in [2.45, 2.75) is 12.5 Å². The first-order chi connectivity index (χ1) is 9.47. The summed E-state index contributed by atoms with van der Waals surface area (Å²) in [5.41, 5.74) is 0.546. The number of carbonyl (C=O) groups is 2. The fourth-order valence-electron chi connectivity index (χ4n) is 1.78. The molecule has 1 aromatic rings. The summed E-state index contributed by atoms with van der Waals surface area (Å²) in [4.78, 5) is 22.4. The third-order valence-electron chi connectivity index (χ3n) is 2.83. The minimum atomic E-state index is -0.705. The summed E-state index contributed by atoms with van der Waals surface area (Å²) < 4.78 is 4.59. The third-order valence-corrected chi connectivity index (χ3v) is 2.83. The molecule has 1 unspecified atom stereocenters. The first-order valence-electron chi connectivity index (χ1n) is 5.92. The van der Waals surface area contributed by atoms with Crippen LogP contribution in [0.2, 0.25) is 0 Å². The van der Waals surface area contributed by atoms with Gasteiger partial charge >= 0.3 is 6.09 Å². The molecule has 0 radical (unpaired) electrons. The van der Waals surface area contributed by atoms with E-state index in [0.29, 0.717) is 12.0 Å². The Morgan fingerprint density at radius 1 is 1.35 bits per heavy atom. The fourth-order valence-corrected chi connectivity index (χ4v) is 1.78. The van der Waals surface area contributed by atoms with Crippen LogP contribution in [-0.2, 0) is 16.0 Å². The molecule has 2 rings (SSSR count). The number of hydrogen-bond donors (Lipinski definition) is 5. The molecule has 20 heavy (non-hydrogen) atoms. The Morgan fingerprint density at radius 3 is 2.55 bits per heavy atom. The molecule has 1 fully saturated rings. The van der Waals surface area contributed by atoms with Gasteiger partial charge in [-0.15, -0.1) is 0 Å². The summed E-state index contributed by atoms with van der Waals surface area (Å²) in [5.74, 6) is -1.81. The van der Waals surface area contributed by atoms with Crippen molar-refractivity contribution in [3.8, 4) is 17.2 Å². The molecule has 0 bridgehead atoms. The van der Waals surface area contributed by atoms with Gasteiger partial charge in [0.05, 0.1) is 0 Å². The van der Waals surface area contributed by atoms with Gasteiger partial charge in [-0.1, -0.05) is 0 Å². The monoisotopic (exact) mass is 282 g/mol. The van der Waals surface area contributed by atoms with Crippen LogP contribution in [0.3, 0.4) is 0 Å². The summed E-state index contributed by atoms with van der Waals surface area (Å²) in [6.07, 6.45) is -0.284. The molecule has 1 atom stereocenters. The first-order valence-corrected chi connectivity index (χ1v) is 5.92. The van der Waals surface area contributed by atoms with Gasteiger partial charge < -0.3 is 30.7 Å². The lowest BCUT2D eigenvalue weighted by molar-refractivity contribution is -0.122. The maximum atomic E-state index is 11.6. The minimum Gasteiger partial charge on any atom is -0.504 e. The van der Waals surface area contributed by atoms with Gasteiger partial charge in [0.2, 0.25) is 5.91 Å². The number of rotatable bonds is 4. The van der Waals surface area contributed by atoms with E-state index in [1.54, 1.807) is 0 Å². The van der Waals surface area contributed by atoms with Gasteiger partial charge in [0.15, 0.2) is 17.2 Å². The number of amides is 2. The minimum absolute atomic E-state index is 0.00848. The van der Waals surface area contributed by atoms with Gasteiger partial charge in [0, 0.05) is 6.54 Å². The van der Waals surface area contributed by atoms with E-state index in [4.69, 9.17) is 0 Å². The van der Waals surface area contributed by atoms with E-state index >= 15 is 0 Å². The van der Waals surface area contributed by atoms with Crippen molar-refractivity contribution in [2.24, 2.45) is 0 Å². The quantitative estimate of drug-likeness (QED) is 0.477. The molecule has 0 aliphatic carbocycles. The molecule has 1 aliphatic rings. The van der Waals surface area contributed by atoms with Crippen molar-refractivity contribution >= 4 is 12.0 Å². The third kappa shape index (κ3) is 3.02. The Labute approximate surface area is 114 Å². The molecule has 0 spiro atoms. The summed E-state index contributed by atoms with van der Waals surface area (Å²) in [6.45, 7) is 0.236. The van der Waals surface area contributed by atoms with Gasteiger partial charge in [-0.2, -0.15) is 0 Å². The molecule has 8 nitrogen and oxygen atoms in total. The van der Waals surface area contributed by atoms with Crippen LogP contribution in [0.1, 0.15) is 5.56 Å². The Hall–Kier alpha value is -2.64. The maximum Gasteiger partial charge on any atom is 0.407 e. The van der Waals surface area contributed by atoms with Crippen molar-refractivity contribution in [3.05, 3.63) is 17.7 Å². The second-order valence-corrected chi connectivity index (χ2v) is 4.32. The van der Waals surface area contributed by atoms with Crippen molar-refractivity contribution < 1.29 is 29.6 Å². The highest BCUT2D eigenvalue weighted by molar-refractivity contribution is 5.87. The van der Waals surface area contributed by atoms with Crippen LogP contribution in [0.25, 0.3) is 0 Å². The fraction of sp³-hybridized carbons (Fsp3) is 0.333. The van der Waals surface area contributed by atoms with Crippen LogP contribution in [0.4, 0.5) is 4.79 Å². The Bertz CT molecular complexity index is 522. The molecule has 1 aromatic carbocycles. The molecule has 8 heteroatoms. The molecular weight excluding hydrogens is 268 g/mol. The Kier molecular flexibility index (Phi) is 3.83. The van der Waals surface area contributed by atoms with E-state index in [2.05, 4.69) is 15.4 Å². The van der Waals surface area contributed by atoms with Crippen LogP contribution in [0, 0.1) is 0 Å². The van der Waals surface area contributed by atoms with Crippen molar-refractivity contribution in [3.63, 3.8) is 0 Å². The zero-order chi connectivity index (χ0) is 14.7. The van der Waals surface area contributed by atoms with Crippen molar-refractivity contribution in [1.82, 2.24) is 10.6 Å². The number of alkyl carbamates (subject to hydrolysis) is 1. The van der Waals surface area contributed by atoms with Crippen LogP contribution >= 0.6 is 0 Å². The summed E-state index contributed by atoms with van der Waals surface area (Å²) in [7, 11) is 0. The number of nitrogens with one attached hydrogen (secondary N) is 2. The number of phenolic OH excluding ortho intramolecular Hbond substituents is 3. The Balaban J connectivity index is 1.84. The summed E-state index contributed by atoms with van der Waals surface area (Å²) in [5, 5.41) is 32.8. The molecule has 2 amide bonds. The van der Waals surface area contributed by atoms with Crippen LogP contribution in [-0.4, -0.2) is 46.5 Å². The zero-order valence-corrected chi connectivity index (χ0v) is 10.4. The van der Waals surface area contributed by atoms with E-state index < -0.39 is 29.4 Å². The van der Waals surface area contributed by atoms with E-state index in [0.717, 1.165) is 0 Å². The lowest BCUT2D eigenvalue weighted by Gasteiger charge is -2.10. The second-order valence-electron chi connectivity index (χ2n) is 4.32. The molecule has 5 N–H and O–H groups in total. The number of cyclic esters (lactones) is 1. The zero-order valence-electron chi connectivity index (χ0n) is 10.4. The second kappa shape index (κ2) is 5.55. The number of benzene rings is 1. The number of aromatic hydroxyl groups is 3. The van der Waals surface area contributed by atoms with E-state index in [1.165, 1.54) is 12.1 Å². The molecule has 108 valence electrons. The van der Waals surface area contributed by atoms with E-state index in [1.807, 2.05) is 0 Å². The van der Waals surface area contributed by atoms with Gasteiger partial charge in [-0.05, 0) is 24.1 Å². The molecule has 1 saturated heterocycles. The van der Waals surface area contributed by atoms with Crippen molar-refractivity contribution in [2.75, 3.05) is 13.2 Å². The van der Waals surface area contributed by atoms with Crippen LogP contribution in [0.15, 0.2) is 12.1 Å². The van der Waals surface area contributed by atoms with Crippen LogP contribution < -0.4 is 10.6 Å². The van der Waals surface area contributed by atoms with Crippen LogP contribution in [0.5, 0.6) is 17.2 Å². The topological polar surface area (TPSA) is 128 Å². The molecular formula is C12H14N2O6. The summed E-state index contributed by atoms with van der Waals surface area (Å²) >= 11 is 0. The largest absolute Gasteiger partial charge is 0.504 e. The molecule has 1 heterocycles. The maximum absolute atomic E-state index is 11.6. The normalized spacial score (nSPS) is 17.4. The van der Waals surface area contributed by atoms with Crippen molar-refractivity contribution in [1.29, 1.82) is 0 Å². The van der Waals surface area contributed by atoms with Gasteiger partial charge in [-0.25, -0.2) is 4.79 Å². The van der Waals surface area contributed by atoms with E-state index in [9.17, 15) is 24.9 Å². The molecule has 0 saturated carbocycles. The summed E-state index contributed by atoms with van der Waals surface area (Å²) in [6, 6.07) is 1.88. The van der Waals surface area contributed by atoms with Gasteiger partial charge in [-0.3, -0.25) is 4.79 Å². The lowest BCUT2D eigenvalue weighted by Crippen LogP contribution is -2.43. The standard InChI is InChI=1S/C12H14N2O6/c15-8-3-6(4-9(16)10(8)17)1-2-13-11(18)7-5-20-12(19)14-7/h3-4,7,15-17H,1-2,5H2,(H,13,18)(H,14,19). The highest BCUT2D eigenvalue weighted by Crippen LogP contribution is 2.35. The van der Waals surface area contributed by atoms with E-state index in [-0.39, 0.29) is 19.1 Å². The highest BCUT2D eigenvalue weighted by atomic mass is 16.6. The molecule has 1 aliphatic heterocycles. The average Bonchev–Trinajstić information content (AvgIpc) is 2.82. The Morgan fingerprint density at radius 2 is 2.00 bits per heavy atom. The predicted molar refractivity (Wildman–Crippen MR) is 66.4 cm³/mol. The van der Waals surface area contributed by atoms with Gasteiger partial charge in [0.25, 0.3) is 0 Å². The highest BCUT2D eigenvalue weighted by Gasteiger charge is 2.28. The van der Waals surface area contributed by atoms with Gasteiger partial charge in [0.1, 0.15) is 12.6 Å². The smallest absolute Gasteiger partial charge is 0.407 e. The predicted octanol–water partition coefficient (Wildman–Crippen LogP) is -0.429. The number of ether oxygens (including phenoxy) is 1. The number of hydrogen-bond acceptors (Lipinski definition) is 6. The number of carbonyl (C=O) groups excluding carboxylic acids is 2. The SMILES string of the molecule is O=C1NC(C(=O)NCCc2cc(O)c(O)c(O)c2)CO1. The molecule has 0 aromatic heterocycles. The first kappa shape index (κ1) is 13.8. The number of phenols is 3.